The number of hydrogen-bond acceptors (Lipinski definition) is 5. The molecule has 0 aromatic carbocycles. The van der Waals surface area contributed by atoms with Gasteiger partial charge in [-0.3, -0.25) is 14.9 Å². The number of rotatable bonds is 5. The van der Waals surface area contributed by atoms with Gasteiger partial charge >= 0.3 is 5.97 Å². The standard InChI is InChI=1S/C14H20N2O3S/c1-4-10-14(18)16(8-7-12(17)19-3)13(15-10)11-6-5-9(2)20-11/h5-6,10,13,15H,4,7-8H2,1-3H3. The lowest BCUT2D eigenvalue weighted by Crippen LogP contribution is -2.32. The summed E-state index contributed by atoms with van der Waals surface area (Å²) in [4.78, 5) is 27.7. The highest BCUT2D eigenvalue weighted by molar-refractivity contribution is 7.12. The summed E-state index contributed by atoms with van der Waals surface area (Å²) in [7, 11) is 1.36. The minimum absolute atomic E-state index is 0.0625. The second-order valence-corrected chi connectivity index (χ2v) is 6.16. The molecule has 1 saturated heterocycles. The Hall–Kier alpha value is -1.40. The van der Waals surface area contributed by atoms with Crippen molar-refractivity contribution < 1.29 is 14.3 Å². The Kier molecular flexibility index (Phi) is 4.77. The monoisotopic (exact) mass is 296 g/mol. The largest absolute Gasteiger partial charge is 0.469 e. The summed E-state index contributed by atoms with van der Waals surface area (Å²) in [5.41, 5.74) is 0. The van der Waals surface area contributed by atoms with Crippen LogP contribution in [-0.2, 0) is 14.3 Å². The van der Waals surface area contributed by atoms with Crippen molar-refractivity contribution in [2.45, 2.75) is 38.9 Å². The molecule has 2 heterocycles. The normalized spacial score (nSPS) is 22.4. The topological polar surface area (TPSA) is 58.6 Å². The molecule has 1 N–H and O–H groups in total. The third-order valence-corrected chi connectivity index (χ3v) is 4.53. The molecule has 1 aliphatic heterocycles. The third-order valence-electron chi connectivity index (χ3n) is 3.48. The summed E-state index contributed by atoms with van der Waals surface area (Å²) >= 11 is 1.67. The highest BCUT2D eigenvalue weighted by atomic mass is 32.1. The molecule has 1 amide bonds. The maximum atomic E-state index is 12.3. The molecule has 0 saturated carbocycles. The molecule has 0 radical (unpaired) electrons. The maximum Gasteiger partial charge on any atom is 0.307 e. The summed E-state index contributed by atoms with van der Waals surface area (Å²) < 4.78 is 4.65. The van der Waals surface area contributed by atoms with Gasteiger partial charge in [0.15, 0.2) is 0 Å². The Labute approximate surface area is 122 Å². The van der Waals surface area contributed by atoms with Crippen LogP contribution in [0.3, 0.4) is 0 Å². The summed E-state index contributed by atoms with van der Waals surface area (Å²) in [5.74, 6) is -0.230. The van der Waals surface area contributed by atoms with E-state index in [4.69, 9.17) is 0 Å². The Balaban J connectivity index is 2.14. The van der Waals surface area contributed by atoms with Crippen LogP contribution in [0.25, 0.3) is 0 Å². The predicted molar refractivity (Wildman–Crippen MR) is 77.4 cm³/mol. The van der Waals surface area contributed by atoms with Gasteiger partial charge in [-0.2, -0.15) is 0 Å². The van der Waals surface area contributed by atoms with Crippen LogP contribution >= 0.6 is 11.3 Å². The number of thiophene rings is 1. The lowest BCUT2D eigenvalue weighted by atomic mass is 10.2. The average molecular weight is 296 g/mol. The van der Waals surface area contributed by atoms with E-state index in [0.29, 0.717) is 6.54 Å². The van der Waals surface area contributed by atoms with Crippen LogP contribution < -0.4 is 5.32 Å². The third kappa shape index (κ3) is 3.02. The molecule has 1 aromatic rings. The van der Waals surface area contributed by atoms with Gasteiger partial charge in [-0.15, -0.1) is 11.3 Å². The van der Waals surface area contributed by atoms with Gasteiger partial charge < -0.3 is 9.64 Å². The molecule has 2 unspecified atom stereocenters. The summed E-state index contributed by atoms with van der Waals surface area (Å²) in [6, 6.07) is 3.91. The Morgan fingerprint density at radius 1 is 1.50 bits per heavy atom. The fourth-order valence-electron chi connectivity index (χ4n) is 2.36. The van der Waals surface area contributed by atoms with Crippen LogP contribution in [0.4, 0.5) is 0 Å². The van der Waals surface area contributed by atoms with Crippen molar-refractivity contribution in [1.82, 2.24) is 10.2 Å². The number of hydrogen-bond donors (Lipinski definition) is 1. The molecule has 0 bridgehead atoms. The van der Waals surface area contributed by atoms with E-state index in [9.17, 15) is 9.59 Å². The fraction of sp³-hybridized carbons (Fsp3) is 0.571. The highest BCUT2D eigenvalue weighted by Gasteiger charge is 2.39. The molecule has 0 aliphatic carbocycles. The van der Waals surface area contributed by atoms with E-state index < -0.39 is 0 Å². The van der Waals surface area contributed by atoms with Crippen molar-refractivity contribution in [1.29, 1.82) is 0 Å². The van der Waals surface area contributed by atoms with E-state index >= 15 is 0 Å². The van der Waals surface area contributed by atoms with Gasteiger partial charge in [0.1, 0.15) is 6.17 Å². The number of esters is 1. The van der Waals surface area contributed by atoms with Crippen molar-refractivity contribution in [2.75, 3.05) is 13.7 Å². The minimum Gasteiger partial charge on any atom is -0.469 e. The highest BCUT2D eigenvalue weighted by Crippen LogP contribution is 2.31. The van der Waals surface area contributed by atoms with Gasteiger partial charge in [0.2, 0.25) is 5.91 Å². The van der Waals surface area contributed by atoms with Gasteiger partial charge in [0.25, 0.3) is 0 Å². The molecule has 2 atom stereocenters. The van der Waals surface area contributed by atoms with Gasteiger partial charge in [-0.05, 0) is 25.5 Å². The lowest BCUT2D eigenvalue weighted by molar-refractivity contribution is -0.141. The van der Waals surface area contributed by atoms with Crippen LogP contribution in [0.5, 0.6) is 0 Å². The minimum atomic E-state index is -0.293. The molecule has 2 rings (SSSR count). The Bertz CT molecular complexity index is 500. The van der Waals surface area contributed by atoms with E-state index in [-0.39, 0.29) is 30.5 Å². The zero-order valence-electron chi connectivity index (χ0n) is 12.0. The Morgan fingerprint density at radius 2 is 2.25 bits per heavy atom. The zero-order chi connectivity index (χ0) is 14.7. The first kappa shape index (κ1) is 15.0. The van der Waals surface area contributed by atoms with Crippen LogP contribution in [0.1, 0.15) is 35.7 Å². The summed E-state index contributed by atoms with van der Waals surface area (Å²) in [5, 5.41) is 3.35. The van der Waals surface area contributed by atoms with E-state index in [1.807, 2.05) is 26.0 Å². The molecule has 1 aromatic heterocycles. The number of aryl methyl sites for hydroxylation is 1. The van der Waals surface area contributed by atoms with Gasteiger partial charge in [-0.25, -0.2) is 0 Å². The molecule has 1 aliphatic rings. The van der Waals surface area contributed by atoms with Crippen LogP contribution in [0.15, 0.2) is 12.1 Å². The number of nitrogens with zero attached hydrogens (tertiary/aromatic N) is 1. The molecule has 0 spiro atoms. The number of carbonyl (C=O) groups excluding carboxylic acids is 2. The van der Waals surface area contributed by atoms with Crippen molar-refractivity contribution >= 4 is 23.2 Å². The molecule has 1 fully saturated rings. The first-order valence-corrected chi connectivity index (χ1v) is 7.58. The Morgan fingerprint density at radius 3 is 2.80 bits per heavy atom. The number of carbonyl (C=O) groups is 2. The molecular formula is C14H20N2O3S. The SMILES string of the molecule is CCC1NC(c2ccc(C)s2)N(CCC(=O)OC)C1=O. The van der Waals surface area contributed by atoms with Gasteiger partial charge in [0, 0.05) is 16.3 Å². The van der Waals surface area contributed by atoms with Crippen molar-refractivity contribution in [2.24, 2.45) is 0 Å². The van der Waals surface area contributed by atoms with Crippen molar-refractivity contribution in [3.05, 3.63) is 21.9 Å². The van der Waals surface area contributed by atoms with Crippen molar-refractivity contribution in [3.8, 4) is 0 Å². The average Bonchev–Trinajstić information content (AvgIpc) is 3.00. The molecule has 5 nitrogen and oxygen atoms in total. The molecule has 6 heteroatoms. The number of amides is 1. The molecule has 110 valence electrons. The van der Waals surface area contributed by atoms with Crippen LogP contribution in [-0.4, -0.2) is 36.5 Å². The zero-order valence-corrected chi connectivity index (χ0v) is 12.8. The van der Waals surface area contributed by atoms with Crippen molar-refractivity contribution in [3.63, 3.8) is 0 Å². The van der Waals surface area contributed by atoms with Crippen LogP contribution in [0, 0.1) is 6.92 Å². The first-order chi connectivity index (χ1) is 9.56. The predicted octanol–water partition coefficient (Wildman–Crippen LogP) is 1.83. The molecule has 20 heavy (non-hydrogen) atoms. The smallest absolute Gasteiger partial charge is 0.307 e. The van der Waals surface area contributed by atoms with E-state index in [1.165, 1.54) is 12.0 Å². The van der Waals surface area contributed by atoms with E-state index in [2.05, 4.69) is 10.1 Å². The fourth-order valence-corrected chi connectivity index (χ4v) is 3.31. The molecular weight excluding hydrogens is 276 g/mol. The van der Waals surface area contributed by atoms with E-state index in [1.54, 1.807) is 16.2 Å². The van der Waals surface area contributed by atoms with Crippen LogP contribution in [0.2, 0.25) is 0 Å². The second kappa shape index (κ2) is 6.37. The maximum absolute atomic E-state index is 12.3. The summed E-state index contributed by atoms with van der Waals surface area (Å²) in [6.07, 6.45) is 0.839. The van der Waals surface area contributed by atoms with Gasteiger partial charge in [0.05, 0.1) is 19.6 Å². The second-order valence-electron chi connectivity index (χ2n) is 4.84. The summed E-state index contributed by atoms with van der Waals surface area (Å²) in [6.45, 7) is 4.41. The number of ether oxygens (including phenoxy) is 1. The quantitative estimate of drug-likeness (QED) is 0.842. The number of methoxy groups -OCH3 is 1. The first-order valence-electron chi connectivity index (χ1n) is 6.76. The number of nitrogens with one attached hydrogen (secondary N) is 1. The van der Waals surface area contributed by atoms with Gasteiger partial charge in [-0.1, -0.05) is 6.92 Å². The lowest BCUT2D eigenvalue weighted by Gasteiger charge is -2.22. The van der Waals surface area contributed by atoms with E-state index in [0.717, 1.165) is 11.3 Å².